The van der Waals surface area contributed by atoms with Crippen molar-refractivity contribution in [3.63, 3.8) is 0 Å². The molecule has 1 aromatic heterocycles. The summed E-state index contributed by atoms with van der Waals surface area (Å²) in [6.07, 6.45) is 0. The average molecular weight is 471 g/mol. The average Bonchev–Trinajstić information content (AvgIpc) is 2.97. The summed E-state index contributed by atoms with van der Waals surface area (Å²) in [5.41, 5.74) is 0.337. The van der Waals surface area contributed by atoms with Gasteiger partial charge >= 0.3 is 0 Å². The maximum absolute atomic E-state index is 12.8. The standard InChI is InChI=1S/C18H19ClN4O3S3/c1-10(2)23-16(26)12-4-3-11(19)7-13(12)21-17(23)28-8-14(24)20-5-6-22-15(25)9-29-18(22)27/h3-4,7,10H,5-6,8-9H2,1-2H3,(H,20,24). The Morgan fingerprint density at radius 2 is 2.17 bits per heavy atom. The summed E-state index contributed by atoms with van der Waals surface area (Å²) < 4.78 is 2.12. The van der Waals surface area contributed by atoms with Crippen LogP contribution in [0.25, 0.3) is 10.9 Å². The van der Waals surface area contributed by atoms with E-state index in [0.717, 1.165) is 0 Å². The normalized spacial score (nSPS) is 14.3. The Morgan fingerprint density at radius 1 is 1.41 bits per heavy atom. The van der Waals surface area contributed by atoms with Gasteiger partial charge in [0.15, 0.2) is 5.16 Å². The van der Waals surface area contributed by atoms with E-state index in [0.29, 0.717) is 44.2 Å². The van der Waals surface area contributed by atoms with Crippen LogP contribution in [0.5, 0.6) is 0 Å². The third-order valence-electron chi connectivity index (χ3n) is 4.18. The minimum atomic E-state index is -0.212. The Bertz CT molecular complexity index is 1020. The number of amides is 2. The maximum atomic E-state index is 12.8. The molecule has 2 heterocycles. The number of benzene rings is 1. The van der Waals surface area contributed by atoms with Crippen LogP contribution >= 0.6 is 47.3 Å². The van der Waals surface area contributed by atoms with Crippen LogP contribution in [0.3, 0.4) is 0 Å². The van der Waals surface area contributed by atoms with Crippen molar-refractivity contribution in [3.8, 4) is 0 Å². The van der Waals surface area contributed by atoms with Crippen LogP contribution < -0.4 is 10.9 Å². The van der Waals surface area contributed by atoms with Gasteiger partial charge in [-0.15, -0.1) is 0 Å². The van der Waals surface area contributed by atoms with Crippen LogP contribution in [0.15, 0.2) is 28.2 Å². The second kappa shape index (κ2) is 9.46. The molecular formula is C18H19ClN4O3S3. The first-order chi connectivity index (χ1) is 13.8. The molecule has 0 saturated carbocycles. The summed E-state index contributed by atoms with van der Waals surface area (Å²) in [5.74, 6) is 0.199. The molecule has 1 fully saturated rings. The fourth-order valence-corrected chi connectivity index (χ4v) is 5.04. The molecule has 154 valence electrons. The summed E-state index contributed by atoms with van der Waals surface area (Å²) in [5, 5.41) is 4.21. The molecule has 0 bridgehead atoms. The van der Waals surface area contributed by atoms with Crippen molar-refractivity contribution in [1.29, 1.82) is 0 Å². The molecule has 0 spiro atoms. The minimum Gasteiger partial charge on any atom is -0.354 e. The van der Waals surface area contributed by atoms with E-state index in [2.05, 4.69) is 10.3 Å². The lowest BCUT2D eigenvalue weighted by Crippen LogP contribution is -2.38. The molecular weight excluding hydrogens is 452 g/mol. The number of halogens is 1. The van der Waals surface area contributed by atoms with Gasteiger partial charge < -0.3 is 5.32 Å². The zero-order chi connectivity index (χ0) is 21.1. The van der Waals surface area contributed by atoms with E-state index in [4.69, 9.17) is 23.8 Å². The zero-order valence-electron chi connectivity index (χ0n) is 15.8. The fourth-order valence-electron chi connectivity index (χ4n) is 2.79. The Labute approximate surface area is 186 Å². The predicted molar refractivity (Wildman–Crippen MR) is 122 cm³/mol. The fraction of sp³-hybridized carbons (Fsp3) is 0.389. The van der Waals surface area contributed by atoms with Gasteiger partial charge in [0.1, 0.15) is 4.32 Å². The van der Waals surface area contributed by atoms with E-state index in [1.807, 2.05) is 13.8 Å². The van der Waals surface area contributed by atoms with E-state index in [9.17, 15) is 14.4 Å². The van der Waals surface area contributed by atoms with Gasteiger partial charge in [-0.2, -0.15) is 0 Å². The highest BCUT2D eigenvalue weighted by molar-refractivity contribution is 8.23. The van der Waals surface area contributed by atoms with Gasteiger partial charge in [0.25, 0.3) is 5.56 Å². The molecule has 0 radical (unpaired) electrons. The quantitative estimate of drug-likeness (QED) is 0.378. The smallest absolute Gasteiger partial charge is 0.262 e. The maximum Gasteiger partial charge on any atom is 0.262 e. The molecule has 7 nitrogen and oxygen atoms in total. The third kappa shape index (κ3) is 5.11. The molecule has 1 aliphatic rings. The highest BCUT2D eigenvalue weighted by Gasteiger charge is 2.26. The number of carbonyl (C=O) groups excluding carboxylic acids is 2. The van der Waals surface area contributed by atoms with E-state index in [1.54, 1.807) is 22.8 Å². The van der Waals surface area contributed by atoms with Gasteiger partial charge in [0.2, 0.25) is 11.8 Å². The van der Waals surface area contributed by atoms with Crippen LogP contribution in [-0.2, 0) is 9.59 Å². The zero-order valence-corrected chi connectivity index (χ0v) is 19.0. The molecule has 2 amide bonds. The Morgan fingerprint density at radius 3 is 2.83 bits per heavy atom. The summed E-state index contributed by atoms with van der Waals surface area (Å²) in [6.45, 7) is 4.44. The van der Waals surface area contributed by atoms with Crippen molar-refractivity contribution in [3.05, 3.63) is 33.6 Å². The lowest BCUT2D eigenvalue weighted by atomic mass is 10.2. The molecule has 2 aromatic rings. The number of nitrogens with one attached hydrogen (secondary N) is 1. The molecule has 1 aliphatic heterocycles. The summed E-state index contributed by atoms with van der Waals surface area (Å²) >= 11 is 13.7. The van der Waals surface area contributed by atoms with Gasteiger partial charge in [-0.1, -0.05) is 47.3 Å². The Hall–Kier alpha value is -1.62. The molecule has 3 rings (SSSR count). The van der Waals surface area contributed by atoms with E-state index in [-0.39, 0.29) is 29.2 Å². The number of fused-ring (bicyclic) bond motifs is 1. The number of thiocarbonyl (C=S) groups is 1. The van der Waals surface area contributed by atoms with Crippen LogP contribution in [0, 0.1) is 0 Å². The number of thioether (sulfide) groups is 2. The Balaban J connectivity index is 1.67. The first-order valence-corrected chi connectivity index (χ1v) is 11.6. The van der Waals surface area contributed by atoms with Crippen LogP contribution in [0.4, 0.5) is 0 Å². The number of hydrogen-bond acceptors (Lipinski definition) is 7. The molecule has 1 saturated heterocycles. The van der Waals surface area contributed by atoms with Crippen LogP contribution in [0.1, 0.15) is 19.9 Å². The van der Waals surface area contributed by atoms with Crippen molar-refractivity contribution in [2.75, 3.05) is 24.6 Å². The lowest BCUT2D eigenvalue weighted by molar-refractivity contribution is -0.124. The SMILES string of the molecule is CC(C)n1c(SCC(=O)NCCN2C(=O)CSC2=S)nc2cc(Cl)ccc2c1=O. The molecule has 11 heteroatoms. The second-order valence-corrected chi connectivity index (χ2v) is 9.55. The van der Waals surface area contributed by atoms with Crippen molar-refractivity contribution in [1.82, 2.24) is 19.8 Å². The molecule has 0 aliphatic carbocycles. The van der Waals surface area contributed by atoms with Crippen molar-refractivity contribution >= 4 is 74.4 Å². The lowest BCUT2D eigenvalue weighted by Gasteiger charge is -2.17. The number of nitrogens with zero attached hydrogens (tertiary/aromatic N) is 3. The van der Waals surface area contributed by atoms with E-state index in [1.165, 1.54) is 28.4 Å². The highest BCUT2D eigenvalue weighted by Crippen LogP contribution is 2.23. The second-order valence-electron chi connectivity index (χ2n) is 6.56. The monoisotopic (exact) mass is 470 g/mol. The molecule has 1 N–H and O–H groups in total. The van der Waals surface area contributed by atoms with Gasteiger partial charge in [0, 0.05) is 24.2 Å². The molecule has 1 aromatic carbocycles. The Kier molecular flexibility index (Phi) is 7.20. The van der Waals surface area contributed by atoms with Gasteiger partial charge in [-0.3, -0.25) is 23.9 Å². The molecule has 0 atom stereocenters. The van der Waals surface area contributed by atoms with Crippen LogP contribution in [0.2, 0.25) is 5.02 Å². The van der Waals surface area contributed by atoms with Crippen LogP contribution in [-0.4, -0.2) is 55.2 Å². The van der Waals surface area contributed by atoms with Gasteiger partial charge in [-0.05, 0) is 32.0 Å². The van der Waals surface area contributed by atoms with E-state index < -0.39 is 0 Å². The highest BCUT2D eigenvalue weighted by atomic mass is 35.5. The number of aromatic nitrogens is 2. The van der Waals surface area contributed by atoms with Crippen molar-refractivity contribution < 1.29 is 9.59 Å². The first kappa shape index (κ1) is 22.1. The topological polar surface area (TPSA) is 84.3 Å². The minimum absolute atomic E-state index is 0.0383. The number of hydrogen-bond donors (Lipinski definition) is 1. The number of carbonyl (C=O) groups is 2. The van der Waals surface area contributed by atoms with Crippen molar-refractivity contribution in [2.45, 2.75) is 25.0 Å². The van der Waals surface area contributed by atoms with Crippen molar-refractivity contribution in [2.24, 2.45) is 0 Å². The third-order valence-corrected chi connectivity index (χ3v) is 6.80. The van der Waals surface area contributed by atoms with Gasteiger partial charge in [-0.25, -0.2) is 4.98 Å². The largest absolute Gasteiger partial charge is 0.354 e. The van der Waals surface area contributed by atoms with E-state index >= 15 is 0 Å². The first-order valence-electron chi connectivity index (χ1n) is 8.86. The van der Waals surface area contributed by atoms with Gasteiger partial charge in [0.05, 0.1) is 22.4 Å². The number of rotatable bonds is 7. The molecule has 29 heavy (non-hydrogen) atoms. The predicted octanol–water partition coefficient (Wildman–Crippen LogP) is 2.70. The summed E-state index contributed by atoms with van der Waals surface area (Å²) in [6, 6.07) is 4.85. The molecule has 0 unspecified atom stereocenters. The summed E-state index contributed by atoms with van der Waals surface area (Å²) in [7, 11) is 0. The summed E-state index contributed by atoms with van der Waals surface area (Å²) in [4.78, 5) is 42.8.